The van der Waals surface area contributed by atoms with E-state index < -0.39 is 6.17 Å². The van der Waals surface area contributed by atoms with Crippen LogP contribution in [0.25, 0.3) is 11.1 Å². The average molecular weight is 196 g/mol. The highest BCUT2D eigenvalue weighted by molar-refractivity contribution is 5.62. The Labute approximate surface area is 89.5 Å². The van der Waals surface area contributed by atoms with Gasteiger partial charge in [0.2, 0.25) is 0 Å². The number of nitrogens with two attached hydrogens (primary N) is 2. The van der Waals surface area contributed by atoms with Crippen LogP contribution in [0.3, 0.4) is 0 Å². The predicted octanol–water partition coefficient (Wildman–Crippen LogP) is 1.87. The van der Waals surface area contributed by atoms with Gasteiger partial charge in [-0.2, -0.15) is 0 Å². The quantitative estimate of drug-likeness (QED) is 0.720. The molecule has 0 bridgehead atoms. The van der Waals surface area contributed by atoms with E-state index in [0.717, 1.165) is 16.7 Å². The molecule has 0 aliphatic carbocycles. The molecular weight excluding hydrogens is 184 g/mol. The molecule has 0 saturated heterocycles. The first-order valence-electron chi connectivity index (χ1n) is 4.78. The van der Waals surface area contributed by atoms with E-state index in [1.54, 1.807) is 0 Å². The van der Waals surface area contributed by atoms with Gasteiger partial charge in [0.25, 0.3) is 0 Å². The van der Waals surface area contributed by atoms with Crippen LogP contribution in [0.4, 0.5) is 0 Å². The maximum atomic E-state index is 5.60. The minimum atomic E-state index is -0.478. The Morgan fingerprint density at radius 1 is 0.933 bits per heavy atom. The Balaban J connectivity index is 2.42. The molecule has 0 spiro atoms. The van der Waals surface area contributed by atoms with Crippen molar-refractivity contribution in [2.24, 2.45) is 11.5 Å². The van der Waals surface area contributed by atoms with Crippen molar-refractivity contribution in [2.45, 2.75) is 6.17 Å². The highest BCUT2D eigenvalue weighted by atomic mass is 14.8. The van der Waals surface area contributed by atoms with Gasteiger partial charge in [-0.1, -0.05) is 42.5 Å². The molecule has 0 amide bonds. The van der Waals surface area contributed by atoms with Gasteiger partial charge < -0.3 is 11.5 Å². The van der Waals surface area contributed by atoms with Crippen LogP contribution in [-0.4, -0.2) is 0 Å². The van der Waals surface area contributed by atoms with E-state index >= 15 is 0 Å². The molecule has 2 rings (SSSR count). The van der Waals surface area contributed by atoms with E-state index in [2.05, 4.69) is 12.1 Å². The van der Waals surface area contributed by atoms with Crippen LogP contribution in [0.15, 0.2) is 42.5 Å². The molecule has 0 atom stereocenters. The van der Waals surface area contributed by atoms with Crippen LogP contribution in [-0.2, 0) is 0 Å². The fourth-order valence-corrected chi connectivity index (χ4v) is 1.40. The van der Waals surface area contributed by atoms with Gasteiger partial charge in [-0.25, -0.2) is 0 Å². The van der Waals surface area contributed by atoms with Gasteiger partial charge in [0.05, 0.1) is 6.17 Å². The van der Waals surface area contributed by atoms with E-state index in [9.17, 15) is 0 Å². The van der Waals surface area contributed by atoms with Crippen molar-refractivity contribution in [3.63, 3.8) is 0 Å². The summed E-state index contributed by atoms with van der Waals surface area (Å²) in [5.41, 5.74) is 14.0. The molecular formula is C13H12N2. The lowest BCUT2D eigenvalue weighted by Gasteiger charge is -2.07. The molecule has 4 N–H and O–H groups in total. The Bertz CT molecular complexity index is 435. The van der Waals surface area contributed by atoms with E-state index in [4.69, 9.17) is 11.5 Å². The van der Waals surface area contributed by atoms with Gasteiger partial charge in [0.15, 0.2) is 0 Å². The Hall–Kier alpha value is -1.64. The first-order chi connectivity index (χ1) is 7.27. The standard InChI is InChI=1S/C13H12N2/c14-13(15)12-8-4-7-11(9-12)10-5-2-1-3-6-10/h1-5,7-8,13H,14-15H2. The summed E-state index contributed by atoms with van der Waals surface area (Å²) in [4.78, 5) is 0. The second-order valence-corrected chi connectivity index (χ2v) is 3.32. The third-order valence-corrected chi connectivity index (χ3v) is 2.18. The molecule has 15 heavy (non-hydrogen) atoms. The summed E-state index contributed by atoms with van der Waals surface area (Å²) in [5.74, 6) is 0. The lowest BCUT2D eigenvalue weighted by Crippen LogP contribution is -2.19. The topological polar surface area (TPSA) is 52.0 Å². The summed E-state index contributed by atoms with van der Waals surface area (Å²) in [6.45, 7) is 0. The third-order valence-electron chi connectivity index (χ3n) is 2.18. The highest BCUT2D eigenvalue weighted by Crippen LogP contribution is 2.19. The molecule has 2 aromatic carbocycles. The minimum Gasteiger partial charge on any atom is -0.312 e. The highest BCUT2D eigenvalue weighted by Gasteiger charge is 2.02. The zero-order valence-corrected chi connectivity index (χ0v) is 8.27. The molecule has 0 saturated carbocycles. The average Bonchev–Trinajstić information content (AvgIpc) is 2.30. The lowest BCUT2D eigenvalue weighted by atomic mass is 10.0. The monoisotopic (exact) mass is 196 g/mol. The molecule has 2 heteroatoms. The van der Waals surface area contributed by atoms with Crippen molar-refractivity contribution in [3.05, 3.63) is 60.2 Å². The second-order valence-electron chi connectivity index (χ2n) is 3.32. The summed E-state index contributed by atoms with van der Waals surface area (Å²) in [5, 5.41) is 0. The fourth-order valence-electron chi connectivity index (χ4n) is 1.40. The van der Waals surface area contributed by atoms with E-state index in [1.807, 2.05) is 42.5 Å². The van der Waals surface area contributed by atoms with Gasteiger partial charge in [-0.15, -0.1) is 0 Å². The first-order valence-corrected chi connectivity index (χ1v) is 4.78. The normalized spacial score (nSPS) is 10.6. The number of hydrogen-bond acceptors (Lipinski definition) is 2. The summed E-state index contributed by atoms with van der Waals surface area (Å²) >= 11 is 0. The summed E-state index contributed by atoms with van der Waals surface area (Å²) < 4.78 is 0. The van der Waals surface area contributed by atoms with Gasteiger partial charge in [-0.05, 0) is 28.8 Å². The third kappa shape index (κ3) is 2.24. The molecule has 0 fully saturated rings. The Morgan fingerprint density at radius 2 is 1.73 bits per heavy atom. The molecule has 0 unspecified atom stereocenters. The molecule has 0 heterocycles. The summed E-state index contributed by atoms with van der Waals surface area (Å²) in [7, 11) is 0. The van der Waals surface area contributed by atoms with Crippen molar-refractivity contribution in [1.82, 2.24) is 0 Å². The van der Waals surface area contributed by atoms with Crippen molar-refractivity contribution in [2.75, 3.05) is 0 Å². The van der Waals surface area contributed by atoms with Crippen LogP contribution in [0.1, 0.15) is 11.7 Å². The number of rotatable bonds is 2. The van der Waals surface area contributed by atoms with Crippen LogP contribution < -0.4 is 11.5 Å². The van der Waals surface area contributed by atoms with E-state index in [-0.39, 0.29) is 0 Å². The van der Waals surface area contributed by atoms with E-state index in [0.29, 0.717) is 0 Å². The Morgan fingerprint density at radius 3 is 2.40 bits per heavy atom. The molecule has 74 valence electrons. The van der Waals surface area contributed by atoms with Crippen molar-refractivity contribution in [1.29, 1.82) is 0 Å². The summed E-state index contributed by atoms with van der Waals surface area (Å²) in [6.07, 6.45) is -0.478. The van der Waals surface area contributed by atoms with Crippen LogP contribution >= 0.6 is 0 Å². The molecule has 0 aliphatic heterocycles. The van der Waals surface area contributed by atoms with Gasteiger partial charge in [-0.3, -0.25) is 0 Å². The maximum Gasteiger partial charge on any atom is 0.0790 e. The van der Waals surface area contributed by atoms with Crippen molar-refractivity contribution < 1.29 is 0 Å². The first kappa shape index (κ1) is 9.90. The van der Waals surface area contributed by atoms with Crippen LogP contribution in [0.5, 0.6) is 0 Å². The Kier molecular flexibility index (Phi) is 2.81. The molecule has 2 aromatic rings. The van der Waals surface area contributed by atoms with Gasteiger partial charge in [0.1, 0.15) is 0 Å². The van der Waals surface area contributed by atoms with Crippen LogP contribution in [0, 0.1) is 12.1 Å². The largest absolute Gasteiger partial charge is 0.312 e. The van der Waals surface area contributed by atoms with Crippen molar-refractivity contribution >= 4 is 0 Å². The smallest absolute Gasteiger partial charge is 0.0790 e. The zero-order valence-electron chi connectivity index (χ0n) is 8.27. The fraction of sp³-hybridized carbons (Fsp3) is 0.0769. The van der Waals surface area contributed by atoms with Crippen LogP contribution in [0.2, 0.25) is 0 Å². The lowest BCUT2D eigenvalue weighted by molar-refractivity contribution is 0.773. The molecule has 0 aromatic heterocycles. The maximum absolute atomic E-state index is 5.60. The zero-order chi connectivity index (χ0) is 10.7. The number of hydrogen-bond donors (Lipinski definition) is 2. The van der Waals surface area contributed by atoms with Crippen molar-refractivity contribution in [3.8, 4) is 11.1 Å². The van der Waals surface area contributed by atoms with Gasteiger partial charge >= 0.3 is 0 Å². The van der Waals surface area contributed by atoms with E-state index in [1.165, 1.54) is 0 Å². The molecule has 2 radical (unpaired) electrons. The molecule has 0 aliphatic rings. The minimum absolute atomic E-state index is 0.478. The second kappa shape index (κ2) is 4.26. The number of benzene rings is 2. The molecule has 2 nitrogen and oxygen atoms in total. The SMILES string of the molecule is NC(N)c1[c]c(-c2[c]cccc2)ccc1. The summed E-state index contributed by atoms with van der Waals surface area (Å²) in [6, 6.07) is 19.8. The predicted molar refractivity (Wildman–Crippen MR) is 60.7 cm³/mol. The van der Waals surface area contributed by atoms with Gasteiger partial charge in [0, 0.05) is 0 Å².